The van der Waals surface area contributed by atoms with E-state index in [1.807, 2.05) is 21.1 Å². The van der Waals surface area contributed by atoms with Crippen LogP contribution >= 0.6 is 35.2 Å². The van der Waals surface area contributed by atoms with Crippen LogP contribution in [-0.4, -0.2) is 166 Å². The maximum absolute atomic E-state index is 12.7. The molecule has 2 amide bonds. The lowest BCUT2D eigenvalue weighted by atomic mass is 9.87. The Morgan fingerprint density at radius 1 is 1.03 bits per heavy atom. The number of carbonyl (C=O) groups is 3. The van der Waals surface area contributed by atoms with Gasteiger partial charge in [0.25, 0.3) is 0 Å². The van der Waals surface area contributed by atoms with Gasteiger partial charge in [-0.05, 0) is 0 Å². The molecular weight excluding hydrogens is 861 g/mol. The summed E-state index contributed by atoms with van der Waals surface area (Å²) in [6, 6.07) is 0. The molecule has 0 spiro atoms. The number of ether oxygens (including phenoxy) is 1. The minimum absolute atomic E-state index is 0.0256. The Bertz CT molecular complexity index is 1900. The number of rotatable bonds is 23. The number of fused-ring (bicyclic) bond motifs is 1. The number of anilines is 1. The fourth-order valence-corrected chi connectivity index (χ4v) is 8.81. The average Bonchev–Trinajstić information content (AvgIpc) is 3.63. The lowest BCUT2D eigenvalue weighted by Crippen LogP contribution is -2.46. The number of quaternary nitrogens is 1. The minimum atomic E-state index is -5.58. The summed E-state index contributed by atoms with van der Waals surface area (Å²) in [4.78, 5) is 87.7. The van der Waals surface area contributed by atoms with Crippen molar-refractivity contribution in [2.24, 2.45) is 5.41 Å². The number of hydrogen-bond donors (Lipinski definition) is 10. The van der Waals surface area contributed by atoms with Gasteiger partial charge in [-0.1, -0.05) is 25.6 Å². The zero-order valence-electron chi connectivity index (χ0n) is 32.0. The summed E-state index contributed by atoms with van der Waals surface area (Å²) < 4.78 is 62.6. The molecule has 30 heteroatoms. The standard InChI is InChI=1S/C28H49N8O18P3S/c1-28(2,23(41)26(42)31-7-6-18(38)30-8-9-58-19(39)10-16(37)11-36(3,4)5)13-51-57(48,49)54-56(46,47)50-12-17-22(53-55(43,44)45)21(40)27(52-17)35-15-34-20-24(29)32-14-33-25(20)35/h14-17,21-23,27,37,40-41H,6-13H2,1-5H3,(H7-,29,30,31,32,33,38,42,43,44,45,46,47,48,49)/p+1. The monoisotopic (exact) mass is 911 g/mol. The molecule has 3 heterocycles. The number of aliphatic hydroxyl groups is 3. The number of nitrogens with two attached hydrogens (primary N) is 1. The van der Waals surface area contributed by atoms with E-state index < -0.39 is 90.7 Å². The molecule has 0 aromatic carbocycles. The van der Waals surface area contributed by atoms with Gasteiger partial charge in [0, 0.05) is 37.1 Å². The average molecular weight is 912 g/mol. The summed E-state index contributed by atoms with van der Waals surface area (Å²) in [5, 5.41) is 36.1. The molecule has 1 saturated heterocycles. The van der Waals surface area contributed by atoms with Crippen molar-refractivity contribution in [2.45, 2.75) is 63.4 Å². The normalized spacial score (nSPS) is 22.2. The number of nitrogens with zero attached hydrogens (tertiary/aromatic N) is 5. The highest BCUT2D eigenvalue weighted by atomic mass is 32.2. The summed E-state index contributed by atoms with van der Waals surface area (Å²) in [6.07, 6.45) is -7.83. The van der Waals surface area contributed by atoms with E-state index in [0.717, 1.165) is 29.0 Å². The lowest BCUT2D eigenvalue weighted by Gasteiger charge is -2.30. The molecule has 1 aliphatic heterocycles. The second kappa shape index (κ2) is 20.4. The van der Waals surface area contributed by atoms with Crippen LogP contribution in [0.2, 0.25) is 0 Å². The van der Waals surface area contributed by atoms with Crippen LogP contribution < -0.4 is 16.4 Å². The van der Waals surface area contributed by atoms with Crippen molar-refractivity contribution >= 4 is 69.1 Å². The second-order valence-electron chi connectivity index (χ2n) is 14.6. The van der Waals surface area contributed by atoms with Crippen LogP contribution in [-0.2, 0) is 50.7 Å². The first-order valence-corrected chi connectivity index (χ1v) is 22.6. The van der Waals surface area contributed by atoms with E-state index >= 15 is 0 Å². The maximum Gasteiger partial charge on any atom is 0.481 e. The van der Waals surface area contributed by atoms with Crippen LogP contribution in [0.3, 0.4) is 0 Å². The number of thioether (sulfide) groups is 1. The van der Waals surface area contributed by atoms with Crippen molar-refractivity contribution in [1.29, 1.82) is 0 Å². The maximum atomic E-state index is 12.7. The smallest absolute Gasteiger partial charge is 0.387 e. The first-order valence-electron chi connectivity index (χ1n) is 17.1. The fourth-order valence-electron chi connectivity index (χ4n) is 5.24. The lowest BCUT2D eigenvalue weighted by molar-refractivity contribution is -0.873. The van der Waals surface area contributed by atoms with Gasteiger partial charge in [-0.15, -0.1) is 0 Å². The molecule has 0 aliphatic carbocycles. The van der Waals surface area contributed by atoms with Crippen molar-refractivity contribution < 1.29 is 90.1 Å². The molecule has 0 radical (unpaired) electrons. The van der Waals surface area contributed by atoms with E-state index in [9.17, 15) is 63.0 Å². The largest absolute Gasteiger partial charge is 0.481 e. The third kappa shape index (κ3) is 15.8. The van der Waals surface area contributed by atoms with Crippen LogP contribution in [0.15, 0.2) is 12.7 Å². The molecule has 8 atom stereocenters. The summed E-state index contributed by atoms with van der Waals surface area (Å²) in [6.45, 7) is 0.747. The third-order valence-corrected chi connectivity index (χ3v) is 11.9. The molecule has 0 saturated carbocycles. The van der Waals surface area contributed by atoms with Gasteiger partial charge in [0.15, 0.2) is 22.8 Å². The molecule has 1 aliphatic rings. The van der Waals surface area contributed by atoms with Crippen LogP contribution in [0.5, 0.6) is 0 Å². The Morgan fingerprint density at radius 3 is 2.33 bits per heavy atom. The number of imidazole rings is 1. The first kappa shape index (κ1) is 49.8. The molecule has 8 unspecified atom stereocenters. The van der Waals surface area contributed by atoms with E-state index in [4.69, 9.17) is 19.5 Å². The zero-order chi connectivity index (χ0) is 43.9. The number of hydrogen-bond acceptors (Lipinski definition) is 19. The molecule has 58 heavy (non-hydrogen) atoms. The number of amides is 2. The highest BCUT2D eigenvalue weighted by molar-refractivity contribution is 8.13. The number of aromatic nitrogens is 4. The van der Waals surface area contributed by atoms with Crippen molar-refractivity contribution in [1.82, 2.24) is 30.2 Å². The van der Waals surface area contributed by atoms with Crippen LogP contribution in [0.1, 0.15) is 32.9 Å². The number of aliphatic hydroxyl groups excluding tert-OH is 3. The zero-order valence-corrected chi connectivity index (χ0v) is 35.5. The van der Waals surface area contributed by atoms with Crippen LogP contribution in [0, 0.1) is 5.41 Å². The second-order valence-corrected chi connectivity index (χ2v) is 20.0. The predicted molar refractivity (Wildman–Crippen MR) is 201 cm³/mol. The molecule has 2 aromatic heterocycles. The van der Waals surface area contributed by atoms with E-state index in [2.05, 4.69) is 34.4 Å². The molecule has 330 valence electrons. The Balaban J connectivity index is 1.46. The van der Waals surface area contributed by atoms with Crippen molar-refractivity contribution in [3.8, 4) is 0 Å². The molecule has 26 nitrogen and oxygen atoms in total. The van der Waals surface area contributed by atoms with Crippen molar-refractivity contribution in [2.75, 3.05) is 65.5 Å². The van der Waals surface area contributed by atoms with Crippen molar-refractivity contribution in [3.05, 3.63) is 12.7 Å². The number of nitrogens with one attached hydrogen (secondary N) is 2. The molecule has 11 N–H and O–H groups in total. The molecular formula is C28H50N8O18P3S+. The number of carbonyl (C=O) groups excluding carboxylic acids is 3. The van der Waals surface area contributed by atoms with Gasteiger partial charge in [-0.2, -0.15) is 4.31 Å². The van der Waals surface area contributed by atoms with E-state index in [1.165, 1.54) is 13.8 Å². The highest BCUT2D eigenvalue weighted by Gasteiger charge is 2.50. The van der Waals surface area contributed by atoms with Gasteiger partial charge < -0.3 is 60.5 Å². The number of phosphoric acid groups is 3. The number of phosphoric ester groups is 3. The Labute approximate surface area is 335 Å². The molecule has 1 fully saturated rings. The van der Waals surface area contributed by atoms with Crippen LogP contribution in [0.4, 0.5) is 5.82 Å². The predicted octanol–water partition coefficient (Wildman–Crippen LogP) is -1.88. The molecule has 2 aromatic rings. The topological polar surface area (TPSA) is 384 Å². The highest BCUT2D eigenvalue weighted by Crippen LogP contribution is 2.61. The Kier molecular flexibility index (Phi) is 17.5. The van der Waals surface area contributed by atoms with Gasteiger partial charge in [0.2, 0.25) is 11.8 Å². The summed E-state index contributed by atoms with van der Waals surface area (Å²) in [7, 11) is -10.8. The van der Waals surface area contributed by atoms with E-state index in [1.54, 1.807) is 0 Å². The fraction of sp³-hybridized carbons (Fsp3) is 0.714. The van der Waals surface area contributed by atoms with E-state index in [-0.39, 0.29) is 53.8 Å². The van der Waals surface area contributed by atoms with Gasteiger partial charge >= 0.3 is 23.5 Å². The molecule has 0 bridgehead atoms. The Morgan fingerprint density at radius 2 is 1.69 bits per heavy atom. The van der Waals surface area contributed by atoms with Gasteiger partial charge in [0.05, 0.1) is 40.7 Å². The van der Waals surface area contributed by atoms with Crippen LogP contribution in [0.25, 0.3) is 11.2 Å². The summed E-state index contributed by atoms with van der Waals surface area (Å²) in [5.74, 6) is -1.26. The van der Waals surface area contributed by atoms with Crippen molar-refractivity contribution in [3.63, 3.8) is 0 Å². The SMILES string of the molecule is CC(C)(COP(=O)(O)OP(=O)(O)OCC1OC(n2cnc3c(N)ncnc32)C(O)C1OP(=O)(O)O)C(O)C(=O)NCCC(=O)NCCSC(=O)CC(O)C[N+](C)(C)C. The van der Waals surface area contributed by atoms with Gasteiger partial charge in [-0.25, -0.2) is 28.6 Å². The summed E-state index contributed by atoms with van der Waals surface area (Å²) in [5.41, 5.74) is 4.23. The minimum Gasteiger partial charge on any atom is -0.387 e. The molecule has 3 rings (SSSR count). The van der Waals surface area contributed by atoms with Gasteiger partial charge in [-0.3, -0.25) is 32.5 Å². The quantitative estimate of drug-likeness (QED) is 0.0331. The first-order chi connectivity index (χ1) is 26.6. The number of likely N-dealkylation sites (N-methyl/N-ethyl adjacent to an activating group) is 1. The third-order valence-electron chi connectivity index (χ3n) is 7.93. The number of nitrogen functional groups attached to an aromatic ring is 1. The summed E-state index contributed by atoms with van der Waals surface area (Å²) >= 11 is 0.958. The van der Waals surface area contributed by atoms with E-state index in [0.29, 0.717) is 11.0 Å². The Hall–Kier alpha value is -2.52. The van der Waals surface area contributed by atoms with Gasteiger partial charge in [0.1, 0.15) is 48.9 Å².